The second kappa shape index (κ2) is 8.55. The number of benzene rings is 1. The minimum absolute atomic E-state index is 0.0741. The van der Waals surface area contributed by atoms with Crippen molar-refractivity contribution in [2.24, 2.45) is 0 Å². The van der Waals surface area contributed by atoms with Gasteiger partial charge in [0.1, 0.15) is 11.6 Å². The van der Waals surface area contributed by atoms with Crippen LogP contribution in [0.1, 0.15) is 18.0 Å². The number of imidazole rings is 1. The molecule has 166 valence electrons. The van der Waals surface area contributed by atoms with Gasteiger partial charge >= 0.3 is 0 Å². The summed E-state index contributed by atoms with van der Waals surface area (Å²) in [6.07, 6.45) is 5.46. The Morgan fingerprint density at radius 1 is 1.21 bits per heavy atom. The lowest BCUT2D eigenvalue weighted by Crippen LogP contribution is -2.26. The van der Waals surface area contributed by atoms with E-state index >= 15 is 0 Å². The molecule has 8 nitrogen and oxygen atoms in total. The molecule has 0 saturated carbocycles. The number of ether oxygens (including phenoxy) is 1. The molecule has 0 aliphatic carbocycles. The van der Waals surface area contributed by atoms with E-state index < -0.39 is 0 Å². The van der Waals surface area contributed by atoms with Gasteiger partial charge in [-0.1, -0.05) is 24.2 Å². The van der Waals surface area contributed by atoms with E-state index in [1.165, 1.54) is 6.08 Å². The lowest BCUT2D eigenvalue weighted by Gasteiger charge is -2.13. The molecular formula is C24H21ClN6O2. The van der Waals surface area contributed by atoms with Gasteiger partial charge in [-0.15, -0.1) is 0 Å². The molecule has 0 bridgehead atoms. The van der Waals surface area contributed by atoms with Crippen LogP contribution in [0.25, 0.3) is 16.9 Å². The standard InChI is InChI=1S/C24H21ClN6O2/c1-2-21(32)30-12-9-15(14-30)22-19-8-11-28-24(26)31(19)23(29-22)17-7-6-16(13-18(17)25)33-20-5-3-4-10-27-20/h2-8,10-11,13,15H,1,9,12,14H2,(H2,26,28). The number of anilines is 1. The molecule has 4 heterocycles. The first kappa shape index (κ1) is 21.0. The van der Waals surface area contributed by atoms with Crippen LogP contribution in [0, 0.1) is 0 Å². The Balaban J connectivity index is 1.54. The van der Waals surface area contributed by atoms with Gasteiger partial charge in [0, 0.05) is 49.1 Å². The molecule has 3 aromatic heterocycles. The molecule has 1 saturated heterocycles. The highest BCUT2D eigenvalue weighted by atomic mass is 35.5. The van der Waals surface area contributed by atoms with Gasteiger partial charge in [-0.3, -0.25) is 9.20 Å². The number of pyridine rings is 1. The zero-order valence-corrected chi connectivity index (χ0v) is 18.4. The Morgan fingerprint density at radius 3 is 2.85 bits per heavy atom. The van der Waals surface area contributed by atoms with Crippen molar-refractivity contribution < 1.29 is 9.53 Å². The van der Waals surface area contributed by atoms with Crippen LogP contribution in [-0.4, -0.2) is 43.2 Å². The zero-order chi connectivity index (χ0) is 22.9. The Labute approximate surface area is 195 Å². The fourth-order valence-corrected chi connectivity index (χ4v) is 4.40. The Hall–Kier alpha value is -3.91. The number of amides is 1. The molecule has 1 amide bonds. The summed E-state index contributed by atoms with van der Waals surface area (Å²) in [6, 6.07) is 12.7. The second-order valence-electron chi connectivity index (χ2n) is 7.73. The largest absolute Gasteiger partial charge is 0.439 e. The summed E-state index contributed by atoms with van der Waals surface area (Å²) in [4.78, 5) is 27.2. The first-order chi connectivity index (χ1) is 16.0. The van der Waals surface area contributed by atoms with Crippen LogP contribution in [0.5, 0.6) is 11.6 Å². The van der Waals surface area contributed by atoms with E-state index in [9.17, 15) is 4.79 Å². The van der Waals surface area contributed by atoms with Crippen LogP contribution in [0.3, 0.4) is 0 Å². The van der Waals surface area contributed by atoms with Gasteiger partial charge in [-0.25, -0.2) is 15.0 Å². The van der Waals surface area contributed by atoms with Crippen LogP contribution in [0.2, 0.25) is 5.02 Å². The summed E-state index contributed by atoms with van der Waals surface area (Å²) in [5.74, 6) is 1.93. The number of nitrogens with zero attached hydrogens (tertiary/aromatic N) is 5. The van der Waals surface area contributed by atoms with Crippen molar-refractivity contribution >= 4 is 29.0 Å². The van der Waals surface area contributed by atoms with Gasteiger partial charge in [-0.2, -0.15) is 0 Å². The normalized spacial score (nSPS) is 15.7. The van der Waals surface area contributed by atoms with E-state index in [1.807, 2.05) is 30.3 Å². The number of fused-ring (bicyclic) bond motifs is 1. The molecule has 1 fully saturated rings. The van der Waals surface area contributed by atoms with Crippen LogP contribution in [0.4, 0.5) is 5.95 Å². The van der Waals surface area contributed by atoms with Crippen molar-refractivity contribution in [3.63, 3.8) is 0 Å². The summed E-state index contributed by atoms with van der Waals surface area (Å²) in [5, 5.41) is 0.458. The summed E-state index contributed by atoms with van der Waals surface area (Å²) >= 11 is 6.66. The average Bonchev–Trinajstić information content (AvgIpc) is 3.45. The SMILES string of the molecule is C=CC(=O)N1CCC(c2nc(-c3ccc(Oc4ccccn4)cc3Cl)n3c(N)nccc23)C1. The summed E-state index contributed by atoms with van der Waals surface area (Å²) in [5.41, 5.74) is 8.65. The van der Waals surface area contributed by atoms with Crippen molar-refractivity contribution in [1.29, 1.82) is 0 Å². The number of nitrogens with two attached hydrogens (primary N) is 1. The van der Waals surface area contributed by atoms with E-state index in [4.69, 9.17) is 27.1 Å². The summed E-state index contributed by atoms with van der Waals surface area (Å²) < 4.78 is 7.59. The van der Waals surface area contributed by atoms with Crippen LogP contribution >= 0.6 is 11.6 Å². The van der Waals surface area contributed by atoms with Gasteiger partial charge in [-0.05, 0) is 36.8 Å². The van der Waals surface area contributed by atoms with Gasteiger partial charge in [0.25, 0.3) is 0 Å². The molecule has 0 spiro atoms. The molecule has 4 aromatic rings. The van der Waals surface area contributed by atoms with Gasteiger partial charge in [0.05, 0.1) is 16.2 Å². The number of hydrogen-bond acceptors (Lipinski definition) is 6. The number of aromatic nitrogens is 4. The van der Waals surface area contributed by atoms with Crippen LogP contribution in [0.15, 0.2) is 67.5 Å². The van der Waals surface area contributed by atoms with Crippen LogP contribution in [-0.2, 0) is 4.79 Å². The number of hydrogen-bond donors (Lipinski definition) is 1. The van der Waals surface area contributed by atoms with E-state index in [0.717, 1.165) is 17.6 Å². The molecule has 1 aliphatic heterocycles. The lowest BCUT2D eigenvalue weighted by atomic mass is 10.0. The van der Waals surface area contributed by atoms with Crippen molar-refractivity contribution in [2.45, 2.75) is 12.3 Å². The molecule has 1 atom stereocenters. The maximum Gasteiger partial charge on any atom is 0.245 e. The maximum atomic E-state index is 12.1. The number of carbonyl (C=O) groups excluding carboxylic acids is 1. The number of nitrogen functional groups attached to an aromatic ring is 1. The first-order valence-corrected chi connectivity index (χ1v) is 10.9. The fourth-order valence-electron chi connectivity index (χ4n) is 4.15. The van der Waals surface area contributed by atoms with E-state index in [-0.39, 0.29) is 11.8 Å². The summed E-state index contributed by atoms with van der Waals surface area (Å²) in [7, 11) is 0. The third kappa shape index (κ3) is 3.89. The number of halogens is 1. The van der Waals surface area contributed by atoms with Crippen LogP contribution < -0.4 is 10.5 Å². The second-order valence-corrected chi connectivity index (χ2v) is 8.14. The van der Waals surface area contributed by atoms with Gasteiger partial charge in [0.15, 0.2) is 0 Å². The highest BCUT2D eigenvalue weighted by Crippen LogP contribution is 2.37. The molecule has 0 radical (unpaired) electrons. The Bertz CT molecular complexity index is 1350. The fraction of sp³-hybridized carbons (Fsp3) is 0.167. The van der Waals surface area contributed by atoms with Crippen molar-refractivity contribution in [3.05, 3.63) is 78.2 Å². The molecule has 9 heteroatoms. The van der Waals surface area contributed by atoms with Gasteiger partial charge < -0.3 is 15.4 Å². The first-order valence-electron chi connectivity index (χ1n) is 10.5. The molecule has 1 unspecified atom stereocenters. The zero-order valence-electron chi connectivity index (χ0n) is 17.7. The monoisotopic (exact) mass is 460 g/mol. The molecule has 2 N–H and O–H groups in total. The minimum atomic E-state index is -0.0750. The number of likely N-dealkylation sites (tertiary alicyclic amines) is 1. The van der Waals surface area contributed by atoms with E-state index in [2.05, 4.69) is 16.5 Å². The minimum Gasteiger partial charge on any atom is -0.439 e. The smallest absolute Gasteiger partial charge is 0.245 e. The van der Waals surface area contributed by atoms with E-state index in [0.29, 0.717) is 47.1 Å². The lowest BCUT2D eigenvalue weighted by molar-refractivity contribution is -0.125. The highest BCUT2D eigenvalue weighted by Gasteiger charge is 2.30. The quantitative estimate of drug-likeness (QED) is 0.445. The van der Waals surface area contributed by atoms with Crippen molar-refractivity contribution in [2.75, 3.05) is 18.8 Å². The van der Waals surface area contributed by atoms with Crippen molar-refractivity contribution in [1.82, 2.24) is 24.3 Å². The molecule has 1 aromatic carbocycles. The average molecular weight is 461 g/mol. The molecular weight excluding hydrogens is 440 g/mol. The van der Waals surface area contributed by atoms with Gasteiger partial charge in [0.2, 0.25) is 17.7 Å². The Morgan fingerprint density at radius 2 is 2.09 bits per heavy atom. The highest BCUT2D eigenvalue weighted by molar-refractivity contribution is 6.33. The number of rotatable bonds is 5. The third-order valence-corrected chi connectivity index (χ3v) is 6.03. The van der Waals surface area contributed by atoms with E-state index in [1.54, 1.807) is 33.8 Å². The third-order valence-electron chi connectivity index (χ3n) is 5.71. The van der Waals surface area contributed by atoms with Crippen molar-refractivity contribution in [3.8, 4) is 23.0 Å². The topological polar surface area (TPSA) is 98.6 Å². The molecule has 1 aliphatic rings. The summed E-state index contributed by atoms with van der Waals surface area (Å²) in [6.45, 7) is 4.82. The molecule has 5 rings (SSSR count). The molecule has 33 heavy (non-hydrogen) atoms. The predicted molar refractivity (Wildman–Crippen MR) is 126 cm³/mol. The maximum absolute atomic E-state index is 12.1. The predicted octanol–water partition coefficient (Wildman–Crippen LogP) is 4.32. The Kier molecular flexibility index (Phi) is 5.43. The number of carbonyl (C=O) groups is 1.